The zero-order chi connectivity index (χ0) is 14.4. The van der Waals surface area contributed by atoms with E-state index < -0.39 is 14.6 Å². The minimum absolute atomic E-state index is 0.0900. The summed E-state index contributed by atoms with van der Waals surface area (Å²) >= 11 is 0. The Morgan fingerprint density at radius 1 is 1.33 bits per heavy atom. The molecule has 0 bridgehead atoms. The minimum Gasteiger partial charge on any atom is -0.355 e. The predicted octanol–water partition coefficient (Wildman–Crippen LogP) is 0.704. The molecule has 0 aromatic carbocycles. The summed E-state index contributed by atoms with van der Waals surface area (Å²) in [6.07, 6.45) is 3.19. The molecule has 2 N–H and O–H groups in total. The quantitative estimate of drug-likeness (QED) is 0.641. The van der Waals surface area contributed by atoms with Gasteiger partial charge in [0.1, 0.15) is 0 Å². The molecule has 108 valence electrons. The third kappa shape index (κ3) is 5.82. The lowest BCUT2D eigenvalue weighted by Crippen LogP contribution is -2.49. The van der Waals surface area contributed by atoms with Crippen LogP contribution in [0.2, 0.25) is 0 Å². The molecule has 0 aliphatic rings. The fourth-order valence-corrected chi connectivity index (χ4v) is 1.51. The number of carbonyl (C=O) groups is 1. The van der Waals surface area contributed by atoms with Gasteiger partial charge in [0.15, 0.2) is 9.84 Å². The van der Waals surface area contributed by atoms with E-state index in [2.05, 4.69) is 17.6 Å². The number of unbranched alkanes of at least 4 members (excludes halogenated alkanes) is 1. The number of nitrogens with one attached hydrogen (secondary N) is 2. The van der Waals surface area contributed by atoms with Crippen molar-refractivity contribution < 1.29 is 13.2 Å². The first-order valence-electron chi connectivity index (χ1n) is 6.32. The van der Waals surface area contributed by atoms with Gasteiger partial charge in [-0.2, -0.15) is 0 Å². The molecule has 0 rings (SSSR count). The minimum atomic E-state index is -3.14. The number of carbonyl (C=O) groups excluding carboxylic acids is 1. The highest BCUT2D eigenvalue weighted by Crippen LogP contribution is 2.13. The van der Waals surface area contributed by atoms with Crippen molar-refractivity contribution in [1.82, 2.24) is 10.6 Å². The first-order chi connectivity index (χ1) is 8.12. The first-order valence-corrected chi connectivity index (χ1v) is 8.21. The van der Waals surface area contributed by atoms with Crippen LogP contribution in [0.5, 0.6) is 0 Å². The molecule has 6 heteroatoms. The Morgan fingerprint density at radius 2 is 1.89 bits per heavy atom. The maximum atomic E-state index is 11.7. The Bertz CT molecular complexity index is 364. The van der Waals surface area contributed by atoms with Gasteiger partial charge in [-0.1, -0.05) is 13.3 Å². The first kappa shape index (κ1) is 17.4. The lowest BCUT2D eigenvalue weighted by atomic mass is 10.2. The van der Waals surface area contributed by atoms with E-state index in [1.165, 1.54) is 6.26 Å². The topological polar surface area (TPSA) is 75.3 Å². The number of rotatable bonds is 8. The molecular weight excluding hydrogens is 252 g/mol. The van der Waals surface area contributed by atoms with Gasteiger partial charge in [0.05, 0.1) is 10.8 Å². The van der Waals surface area contributed by atoms with Gasteiger partial charge in [-0.25, -0.2) is 8.42 Å². The van der Waals surface area contributed by atoms with Crippen LogP contribution in [0.1, 0.15) is 40.5 Å². The number of sulfone groups is 1. The Hall–Kier alpha value is -0.620. The van der Waals surface area contributed by atoms with Crippen LogP contribution < -0.4 is 10.6 Å². The van der Waals surface area contributed by atoms with E-state index in [1.807, 2.05) is 0 Å². The second kappa shape index (κ2) is 7.09. The number of hydrogen-bond acceptors (Lipinski definition) is 4. The summed E-state index contributed by atoms with van der Waals surface area (Å²) in [7, 11) is -3.14. The van der Waals surface area contributed by atoms with Crippen LogP contribution in [0.3, 0.4) is 0 Å². The van der Waals surface area contributed by atoms with Gasteiger partial charge < -0.3 is 10.6 Å². The summed E-state index contributed by atoms with van der Waals surface area (Å²) < 4.78 is 22.1. The summed E-state index contributed by atoms with van der Waals surface area (Å²) in [6, 6.07) is -0.386. The third-order valence-corrected chi connectivity index (χ3v) is 5.21. The van der Waals surface area contributed by atoms with Gasteiger partial charge in [-0.3, -0.25) is 4.79 Å². The molecule has 1 amide bonds. The summed E-state index contributed by atoms with van der Waals surface area (Å²) in [5.41, 5.74) is 0. The van der Waals surface area contributed by atoms with E-state index in [0.717, 1.165) is 12.8 Å². The largest absolute Gasteiger partial charge is 0.355 e. The predicted molar refractivity (Wildman–Crippen MR) is 74.3 cm³/mol. The zero-order valence-corrected chi connectivity index (χ0v) is 12.9. The van der Waals surface area contributed by atoms with Gasteiger partial charge in [-0.05, 0) is 27.2 Å². The molecular formula is C12H26N2O3S. The zero-order valence-electron chi connectivity index (χ0n) is 12.0. The van der Waals surface area contributed by atoms with E-state index in [4.69, 9.17) is 0 Å². The van der Waals surface area contributed by atoms with E-state index >= 15 is 0 Å². The van der Waals surface area contributed by atoms with Gasteiger partial charge in [0.25, 0.3) is 0 Å². The fraction of sp³-hybridized carbons (Fsp3) is 0.917. The van der Waals surface area contributed by atoms with Crippen LogP contribution in [0.4, 0.5) is 0 Å². The molecule has 0 spiro atoms. The van der Waals surface area contributed by atoms with Crippen LogP contribution in [-0.4, -0.2) is 44.5 Å². The maximum absolute atomic E-state index is 11.7. The van der Waals surface area contributed by atoms with Crippen molar-refractivity contribution in [3.8, 4) is 0 Å². The molecule has 0 aliphatic heterocycles. The fourth-order valence-electron chi connectivity index (χ4n) is 1.16. The van der Waals surface area contributed by atoms with Crippen molar-refractivity contribution in [2.24, 2.45) is 0 Å². The molecule has 0 heterocycles. The maximum Gasteiger partial charge on any atom is 0.236 e. The Kier molecular flexibility index (Phi) is 6.84. The molecule has 5 nitrogen and oxygen atoms in total. The summed E-state index contributed by atoms with van der Waals surface area (Å²) in [4.78, 5) is 11.7. The van der Waals surface area contributed by atoms with Crippen molar-refractivity contribution in [3.05, 3.63) is 0 Å². The average Bonchev–Trinajstić information content (AvgIpc) is 2.24. The van der Waals surface area contributed by atoms with Crippen molar-refractivity contribution in [1.29, 1.82) is 0 Å². The van der Waals surface area contributed by atoms with Crippen molar-refractivity contribution in [2.75, 3.05) is 19.3 Å². The smallest absolute Gasteiger partial charge is 0.236 e. The van der Waals surface area contributed by atoms with Gasteiger partial charge in [0.2, 0.25) is 5.91 Å². The van der Waals surface area contributed by atoms with Crippen LogP contribution >= 0.6 is 0 Å². The van der Waals surface area contributed by atoms with E-state index in [-0.39, 0.29) is 18.5 Å². The van der Waals surface area contributed by atoms with Crippen molar-refractivity contribution in [3.63, 3.8) is 0 Å². The molecule has 1 atom stereocenters. The van der Waals surface area contributed by atoms with Gasteiger partial charge in [0, 0.05) is 19.3 Å². The number of hydrogen-bond donors (Lipinski definition) is 2. The lowest BCUT2D eigenvalue weighted by molar-refractivity contribution is -0.122. The molecule has 0 saturated carbocycles. The third-order valence-electron chi connectivity index (χ3n) is 3.06. The molecule has 1 unspecified atom stereocenters. The SMILES string of the molecule is CCCCNC(=O)C(C)NCC(C)(C)S(C)(=O)=O. The van der Waals surface area contributed by atoms with Crippen LogP contribution in [0.25, 0.3) is 0 Å². The molecule has 0 aromatic rings. The monoisotopic (exact) mass is 278 g/mol. The highest BCUT2D eigenvalue weighted by Gasteiger charge is 2.30. The average molecular weight is 278 g/mol. The van der Waals surface area contributed by atoms with E-state index in [9.17, 15) is 13.2 Å². The summed E-state index contributed by atoms with van der Waals surface area (Å²) in [6.45, 7) is 8.02. The second-order valence-electron chi connectivity index (χ2n) is 5.28. The highest BCUT2D eigenvalue weighted by molar-refractivity contribution is 7.92. The van der Waals surface area contributed by atoms with Gasteiger partial charge >= 0.3 is 0 Å². The van der Waals surface area contributed by atoms with E-state index in [0.29, 0.717) is 6.54 Å². The van der Waals surface area contributed by atoms with Crippen LogP contribution in [0, 0.1) is 0 Å². The Balaban J connectivity index is 4.18. The van der Waals surface area contributed by atoms with Crippen LogP contribution in [0.15, 0.2) is 0 Å². The molecule has 0 fully saturated rings. The van der Waals surface area contributed by atoms with Gasteiger partial charge in [-0.15, -0.1) is 0 Å². The molecule has 0 radical (unpaired) electrons. The molecule has 18 heavy (non-hydrogen) atoms. The van der Waals surface area contributed by atoms with Crippen LogP contribution in [-0.2, 0) is 14.6 Å². The van der Waals surface area contributed by atoms with Crippen molar-refractivity contribution in [2.45, 2.75) is 51.3 Å². The molecule has 0 aromatic heterocycles. The van der Waals surface area contributed by atoms with Crippen molar-refractivity contribution >= 4 is 15.7 Å². The molecule has 0 saturated heterocycles. The summed E-state index contributed by atoms with van der Waals surface area (Å²) in [5.74, 6) is -0.0900. The lowest BCUT2D eigenvalue weighted by Gasteiger charge is -2.25. The second-order valence-corrected chi connectivity index (χ2v) is 7.93. The molecule has 0 aliphatic carbocycles. The normalized spacial score (nSPS) is 14.3. The Labute approximate surface area is 111 Å². The standard InChI is InChI=1S/C12H26N2O3S/c1-6-7-8-13-11(15)10(2)14-9-12(3,4)18(5,16)17/h10,14H,6-9H2,1-5H3,(H,13,15). The Morgan fingerprint density at radius 3 is 2.33 bits per heavy atom. The summed E-state index contributed by atoms with van der Waals surface area (Å²) in [5, 5.41) is 5.77. The van der Waals surface area contributed by atoms with E-state index in [1.54, 1.807) is 20.8 Å². The number of amides is 1. The highest BCUT2D eigenvalue weighted by atomic mass is 32.2.